The topological polar surface area (TPSA) is 95.1 Å². The number of pyridine rings is 2. The SMILES string of the molecule is CCc1ccccc1NC(=O)c1c(O)c2cccnc2[nH]c1=O. The van der Waals surface area contributed by atoms with Crippen molar-refractivity contribution in [2.24, 2.45) is 0 Å². The smallest absolute Gasteiger partial charge is 0.266 e. The minimum atomic E-state index is -0.680. The van der Waals surface area contributed by atoms with E-state index in [1.807, 2.05) is 19.1 Å². The van der Waals surface area contributed by atoms with E-state index in [0.29, 0.717) is 11.1 Å². The van der Waals surface area contributed by atoms with Gasteiger partial charge in [-0.05, 0) is 30.2 Å². The summed E-state index contributed by atoms with van der Waals surface area (Å²) < 4.78 is 0. The van der Waals surface area contributed by atoms with Gasteiger partial charge in [0.1, 0.15) is 17.0 Å². The standard InChI is InChI=1S/C17H15N3O3/c1-2-10-6-3-4-8-12(10)19-16(22)13-14(21)11-7-5-9-18-15(11)20-17(13)23/h3-9H,2H2,1H3,(H,19,22)(H2,18,20,21,23). The molecule has 0 spiro atoms. The highest BCUT2D eigenvalue weighted by atomic mass is 16.3. The van der Waals surface area contributed by atoms with Crippen molar-refractivity contribution >= 4 is 22.6 Å². The third-order valence-electron chi connectivity index (χ3n) is 3.63. The number of hydrogen-bond donors (Lipinski definition) is 3. The van der Waals surface area contributed by atoms with E-state index >= 15 is 0 Å². The molecule has 23 heavy (non-hydrogen) atoms. The van der Waals surface area contributed by atoms with Crippen LogP contribution in [0.1, 0.15) is 22.8 Å². The summed E-state index contributed by atoms with van der Waals surface area (Å²) in [5.41, 5.74) is 0.793. The second-order valence-electron chi connectivity index (χ2n) is 5.04. The Bertz CT molecular complexity index is 947. The Hall–Kier alpha value is -3.15. The molecular formula is C17H15N3O3. The van der Waals surface area contributed by atoms with E-state index in [-0.39, 0.29) is 17.0 Å². The quantitative estimate of drug-likeness (QED) is 0.692. The highest BCUT2D eigenvalue weighted by Crippen LogP contribution is 2.24. The van der Waals surface area contributed by atoms with Crippen LogP contribution in [0.15, 0.2) is 47.4 Å². The molecule has 2 heterocycles. The van der Waals surface area contributed by atoms with E-state index in [1.165, 1.54) is 6.20 Å². The van der Waals surface area contributed by atoms with Crippen LogP contribution in [0.3, 0.4) is 0 Å². The van der Waals surface area contributed by atoms with Gasteiger partial charge >= 0.3 is 0 Å². The largest absolute Gasteiger partial charge is 0.506 e. The lowest BCUT2D eigenvalue weighted by molar-refractivity contribution is 0.102. The van der Waals surface area contributed by atoms with Gasteiger partial charge in [0.05, 0.1) is 5.39 Å². The summed E-state index contributed by atoms with van der Waals surface area (Å²) in [5.74, 6) is -1.03. The van der Waals surface area contributed by atoms with E-state index in [1.54, 1.807) is 24.3 Å². The van der Waals surface area contributed by atoms with Crippen molar-refractivity contribution < 1.29 is 9.90 Å². The maximum Gasteiger partial charge on any atom is 0.266 e. The molecule has 1 aromatic carbocycles. The molecule has 0 aliphatic carbocycles. The summed E-state index contributed by atoms with van der Waals surface area (Å²) in [4.78, 5) is 31.1. The molecule has 0 radical (unpaired) electrons. The number of fused-ring (bicyclic) bond motifs is 1. The molecule has 0 aliphatic rings. The number of aromatic nitrogens is 2. The fraction of sp³-hybridized carbons (Fsp3) is 0.118. The molecule has 2 aromatic heterocycles. The van der Waals surface area contributed by atoms with Crippen LogP contribution in [0.2, 0.25) is 0 Å². The average Bonchev–Trinajstić information content (AvgIpc) is 2.55. The first kappa shape index (κ1) is 14.8. The van der Waals surface area contributed by atoms with Crippen LogP contribution in [0.4, 0.5) is 5.69 Å². The van der Waals surface area contributed by atoms with E-state index in [9.17, 15) is 14.7 Å². The summed E-state index contributed by atoms with van der Waals surface area (Å²) in [6.07, 6.45) is 2.23. The summed E-state index contributed by atoms with van der Waals surface area (Å²) in [6.45, 7) is 1.97. The van der Waals surface area contributed by atoms with Gasteiger partial charge in [0.2, 0.25) is 0 Å². The van der Waals surface area contributed by atoms with Crippen LogP contribution in [0, 0.1) is 0 Å². The van der Waals surface area contributed by atoms with Gasteiger partial charge in [0.25, 0.3) is 11.5 Å². The third kappa shape index (κ3) is 2.66. The number of rotatable bonds is 3. The zero-order valence-electron chi connectivity index (χ0n) is 12.5. The molecule has 0 atom stereocenters. The normalized spacial score (nSPS) is 10.7. The molecule has 3 aromatic rings. The van der Waals surface area contributed by atoms with Crippen molar-refractivity contribution in [2.45, 2.75) is 13.3 Å². The van der Waals surface area contributed by atoms with Crippen molar-refractivity contribution in [3.8, 4) is 5.75 Å². The van der Waals surface area contributed by atoms with E-state index in [0.717, 1.165) is 12.0 Å². The number of anilines is 1. The summed E-state index contributed by atoms with van der Waals surface area (Å²) in [7, 11) is 0. The van der Waals surface area contributed by atoms with Gasteiger partial charge in [-0.1, -0.05) is 25.1 Å². The van der Waals surface area contributed by atoms with Gasteiger partial charge in [-0.2, -0.15) is 0 Å². The molecule has 0 saturated heterocycles. The van der Waals surface area contributed by atoms with Crippen LogP contribution in [-0.4, -0.2) is 21.0 Å². The summed E-state index contributed by atoms with van der Waals surface area (Å²) in [5, 5.41) is 13.3. The molecule has 0 fully saturated rings. The number of nitrogens with one attached hydrogen (secondary N) is 2. The van der Waals surface area contributed by atoms with Gasteiger partial charge < -0.3 is 15.4 Å². The lowest BCUT2D eigenvalue weighted by Crippen LogP contribution is -2.24. The molecule has 0 unspecified atom stereocenters. The summed E-state index contributed by atoms with van der Waals surface area (Å²) >= 11 is 0. The van der Waals surface area contributed by atoms with Crippen molar-refractivity contribution in [1.29, 1.82) is 0 Å². The first-order valence-corrected chi connectivity index (χ1v) is 7.21. The zero-order valence-corrected chi connectivity index (χ0v) is 12.5. The maximum atomic E-state index is 12.5. The van der Waals surface area contributed by atoms with Gasteiger partial charge in [-0.15, -0.1) is 0 Å². The Labute approximate surface area is 131 Å². The third-order valence-corrected chi connectivity index (χ3v) is 3.63. The number of benzene rings is 1. The number of aromatic amines is 1. The minimum Gasteiger partial charge on any atom is -0.506 e. The predicted octanol–water partition coefficient (Wildman–Crippen LogP) is 2.44. The maximum absolute atomic E-state index is 12.5. The number of nitrogens with zero attached hydrogens (tertiary/aromatic N) is 1. The van der Waals surface area contributed by atoms with Crippen LogP contribution in [-0.2, 0) is 6.42 Å². The van der Waals surface area contributed by atoms with E-state index < -0.39 is 11.5 Å². The molecule has 3 N–H and O–H groups in total. The van der Waals surface area contributed by atoms with Gasteiger partial charge in [-0.3, -0.25) is 9.59 Å². The molecule has 1 amide bonds. The number of amides is 1. The number of hydrogen-bond acceptors (Lipinski definition) is 4. The lowest BCUT2D eigenvalue weighted by Gasteiger charge is -2.11. The van der Waals surface area contributed by atoms with E-state index in [2.05, 4.69) is 15.3 Å². The number of aromatic hydroxyl groups is 1. The monoisotopic (exact) mass is 309 g/mol. The fourth-order valence-electron chi connectivity index (χ4n) is 2.45. The lowest BCUT2D eigenvalue weighted by atomic mass is 10.1. The van der Waals surface area contributed by atoms with Crippen LogP contribution in [0.5, 0.6) is 5.75 Å². The van der Waals surface area contributed by atoms with Crippen LogP contribution < -0.4 is 10.9 Å². The Morgan fingerprint density at radius 3 is 2.83 bits per heavy atom. The molecule has 0 aliphatic heterocycles. The van der Waals surface area contributed by atoms with Gasteiger partial charge in [0, 0.05) is 11.9 Å². The van der Waals surface area contributed by atoms with Crippen molar-refractivity contribution in [3.05, 3.63) is 64.1 Å². The Morgan fingerprint density at radius 1 is 1.26 bits per heavy atom. The second kappa shape index (κ2) is 5.92. The van der Waals surface area contributed by atoms with Crippen molar-refractivity contribution in [2.75, 3.05) is 5.32 Å². The van der Waals surface area contributed by atoms with Crippen molar-refractivity contribution in [1.82, 2.24) is 9.97 Å². The molecule has 116 valence electrons. The number of para-hydroxylation sites is 1. The molecular weight excluding hydrogens is 294 g/mol. The highest BCUT2D eigenvalue weighted by molar-refractivity contribution is 6.08. The highest BCUT2D eigenvalue weighted by Gasteiger charge is 2.20. The predicted molar refractivity (Wildman–Crippen MR) is 87.8 cm³/mol. The number of H-pyrrole nitrogens is 1. The molecule has 3 rings (SSSR count). The number of aryl methyl sites for hydroxylation is 1. The zero-order chi connectivity index (χ0) is 16.4. The number of carbonyl (C=O) groups is 1. The average molecular weight is 309 g/mol. The van der Waals surface area contributed by atoms with Gasteiger partial charge in [-0.25, -0.2) is 4.98 Å². The first-order chi connectivity index (χ1) is 11.1. The van der Waals surface area contributed by atoms with Crippen LogP contribution in [0.25, 0.3) is 11.0 Å². The van der Waals surface area contributed by atoms with Crippen LogP contribution >= 0.6 is 0 Å². The number of carbonyl (C=O) groups excluding carboxylic acids is 1. The Balaban J connectivity index is 2.06. The Kier molecular flexibility index (Phi) is 3.80. The van der Waals surface area contributed by atoms with E-state index in [4.69, 9.17) is 0 Å². The molecule has 0 bridgehead atoms. The molecule has 6 nitrogen and oxygen atoms in total. The second-order valence-corrected chi connectivity index (χ2v) is 5.04. The molecule has 0 saturated carbocycles. The fourth-order valence-corrected chi connectivity index (χ4v) is 2.45. The molecule has 6 heteroatoms. The minimum absolute atomic E-state index is 0.237. The Morgan fingerprint density at radius 2 is 2.04 bits per heavy atom. The summed E-state index contributed by atoms with van der Waals surface area (Å²) in [6, 6.07) is 10.5. The van der Waals surface area contributed by atoms with Crippen molar-refractivity contribution in [3.63, 3.8) is 0 Å². The first-order valence-electron chi connectivity index (χ1n) is 7.21. The van der Waals surface area contributed by atoms with Gasteiger partial charge in [0.15, 0.2) is 0 Å².